The van der Waals surface area contributed by atoms with Crippen LogP contribution < -0.4 is 5.32 Å². The summed E-state index contributed by atoms with van der Waals surface area (Å²) >= 11 is 0. The number of aryl methyl sites for hydroxylation is 1. The Morgan fingerprint density at radius 3 is 2.79 bits per heavy atom. The lowest BCUT2D eigenvalue weighted by Gasteiger charge is -2.57. The molecule has 3 rings (SSSR count). The summed E-state index contributed by atoms with van der Waals surface area (Å²) in [7, 11) is 0. The lowest BCUT2D eigenvalue weighted by atomic mass is 9.55. The lowest BCUT2D eigenvalue weighted by Crippen LogP contribution is -2.65. The fraction of sp³-hybridized carbons (Fsp3) is 0.750. The van der Waals surface area contributed by atoms with Crippen LogP contribution in [0, 0.1) is 22.5 Å². The van der Waals surface area contributed by atoms with Crippen LogP contribution in [0.4, 0.5) is 5.69 Å². The Morgan fingerprint density at radius 1 is 1.46 bits per heavy atom. The van der Waals surface area contributed by atoms with E-state index in [1.807, 2.05) is 6.92 Å². The second-order valence-electron chi connectivity index (χ2n) is 6.80. The van der Waals surface area contributed by atoms with E-state index in [-0.39, 0.29) is 28.9 Å². The average molecular weight is 336 g/mol. The molecule has 1 amide bonds. The van der Waals surface area contributed by atoms with Gasteiger partial charge in [0.2, 0.25) is 5.69 Å². The number of amides is 1. The summed E-state index contributed by atoms with van der Waals surface area (Å²) in [5.74, 6) is -0.476. The number of hydrogen-bond acceptors (Lipinski definition) is 5. The molecule has 0 aliphatic heterocycles. The van der Waals surface area contributed by atoms with Crippen molar-refractivity contribution in [2.24, 2.45) is 5.41 Å². The summed E-state index contributed by atoms with van der Waals surface area (Å²) in [5.41, 5.74) is -0.114. The largest absolute Gasteiger partial charge is 0.378 e. The van der Waals surface area contributed by atoms with Gasteiger partial charge in [0.25, 0.3) is 5.91 Å². The Kier molecular flexibility index (Phi) is 4.58. The minimum absolute atomic E-state index is 0.00143. The van der Waals surface area contributed by atoms with Crippen molar-refractivity contribution in [3.8, 4) is 0 Å². The first-order valence-corrected chi connectivity index (χ1v) is 8.61. The van der Waals surface area contributed by atoms with Crippen molar-refractivity contribution in [3.05, 3.63) is 21.5 Å². The lowest BCUT2D eigenvalue weighted by molar-refractivity contribution is -0.385. The van der Waals surface area contributed by atoms with Gasteiger partial charge in [0.1, 0.15) is 5.69 Å². The Bertz CT molecular complexity index is 636. The van der Waals surface area contributed by atoms with Crippen LogP contribution in [-0.4, -0.2) is 39.8 Å². The van der Waals surface area contributed by atoms with Crippen molar-refractivity contribution >= 4 is 11.6 Å². The van der Waals surface area contributed by atoms with Crippen molar-refractivity contribution in [1.82, 2.24) is 15.5 Å². The molecule has 2 aliphatic rings. The van der Waals surface area contributed by atoms with E-state index in [1.165, 1.54) is 6.42 Å². The fourth-order valence-electron chi connectivity index (χ4n) is 4.30. The predicted octanol–water partition coefficient (Wildman–Crippen LogP) is 2.48. The number of carbonyl (C=O) groups excluding carboxylic acids is 1. The maximum absolute atomic E-state index is 12.5. The molecule has 0 saturated heterocycles. The highest BCUT2D eigenvalue weighted by atomic mass is 16.6. The summed E-state index contributed by atoms with van der Waals surface area (Å²) in [6.45, 7) is 4.19. The average Bonchev–Trinajstić information content (AvgIpc) is 2.96. The number of nitrogens with zero attached hydrogens (tertiary/aromatic N) is 2. The molecule has 1 aromatic heterocycles. The van der Waals surface area contributed by atoms with E-state index in [2.05, 4.69) is 15.5 Å². The Hall–Kier alpha value is -1.96. The van der Waals surface area contributed by atoms with Gasteiger partial charge in [0, 0.05) is 18.1 Å². The molecule has 2 fully saturated rings. The molecule has 0 bridgehead atoms. The zero-order valence-electron chi connectivity index (χ0n) is 14.1. The quantitative estimate of drug-likeness (QED) is 0.634. The van der Waals surface area contributed by atoms with Crippen LogP contribution in [-0.2, 0) is 4.74 Å². The summed E-state index contributed by atoms with van der Waals surface area (Å²) in [6, 6.07) is -0.00143. The normalized spacial score (nSPS) is 25.2. The van der Waals surface area contributed by atoms with Crippen molar-refractivity contribution in [3.63, 3.8) is 0 Å². The molecule has 1 aromatic rings. The molecule has 0 unspecified atom stereocenters. The van der Waals surface area contributed by atoms with Crippen LogP contribution >= 0.6 is 0 Å². The first-order valence-electron chi connectivity index (χ1n) is 8.61. The molecule has 132 valence electrons. The number of carbonyl (C=O) groups is 1. The van der Waals surface area contributed by atoms with Crippen LogP contribution in [0.1, 0.15) is 61.6 Å². The first-order chi connectivity index (χ1) is 11.5. The van der Waals surface area contributed by atoms with Crippen molar-refractivity contribution in [2.45, 2.75) is 64.5 Å². The van der Waals surface area contributed by atoms with Gasteiger partial charge in [-0.15, -0.1) is 0 Å². The zero-order valence-corrected chi connectivity index (χ0v) is 14.1. The number of aromatic amines is 1. The molecule has 2 atom stereocenters. The van der Waals surface area contributed by atoms with Crippen LogP contribution in [0.3, 0.4) is 0 Å². The molecule has 2 N–H and O–H groups in total. The predicted molar refractivity (Wildman–Crippen MR) is 86.8 cm³/mol. The highest BCUT2D eigenvalue weighted by Gasteiger charge is 2.56. The highest BCUT2D eigenvalue weighted by molar-refractivity contribution is 5.96. The Morgan fingerprint density at radius 2 is 2.17 bits per heavy atom. The molecule has 24 heavy (non-hydrogen) atoms. The maximum atomic E-state index is 12.5. The van der Waals surface area contributed by atoms with E-state index in [1.54, 1.807) is 6.92 Å². The van der Waals surface area contributed by atoms with Crippen LogP contribution in [0.15, 0.2) is 0 Å². The molecule has 2 aliphatic carbocycles. The molecule has 2 saturated carbocycles. The topological polar surface area (TPSA) is 110 Å². The van der Waals surface area contributed by atoms with E-state index < -0.39 is 10.8 Å². The molecule has 0 aromatic carbocycles. The van der Waals surface area contributed by atoms with Gasteiger partial charge >= 0.3 is 5.69 Å². The van der Waals surface area contributed by atoms with Crippen LogP contribution in [0.2, 0.25) is 0 Å². The van der Waals surface area contributed by atoms with Crippen LogP contribution in [0.25, 0.3) is 0 Å². The van der Waals surface area contributed by atoms with Gasteiger partial charge < -0.3 is 10.1 Å². The molecule has 0 radical (unpaired) electrons. The van der Waals surface area contributed by atoms with Crippen molar-refractivity contribution < 1.29 is 14.5 Å². The minimum Gasteiger partial charge on any atom is -0.378 e. The van der Waals surface area contributed by atoms with E-state index in [4.69, 9.17) is 4.74 Å². The number of aromatic nitrogens is 2. The van der Waals surface area contributed by atoms with Gasteiger partial charge in [0.05, 0.1) is 11.0 Å². The first kappa shape index (κ1) is 16.9. The second kappa shape index (κ2) is 6.51. The number of hydrogen-bond donors (Lipinski definition) is 2. The van der Waals surface area contributed by atoms with Gasteiger partial charge in [-0.25, -0.2) is 0 Å². The third kappa shape index (κ3) is 2.68. The third-order valence-corrected chi connectivity index (χ3v) is 5.56. The van der Waals surface area contributed by atoms with Crippen LogP contribution in [0.5, 0.6) is 0 Å². The summed E-state index contributed by atoms with van der Waals surface area (Å²) in [6.07, 6.45) is 6.48. The molecule has 1 spiro atoms. The summed E-state index contributed by atoms with van der Waals surface area (Å²) in [4.78, 5) is 23.1. The van der Waals surface area contributed by atoms with E-state index in [0.29, 0.717) is 12.3 Å². The van der Waals surface area contributed by atoms with Gasteiger partial charge in [0.15, 0.2) is 0 Å². The number of ether oxygens (including phenoxy) is 1. The highest BCUT2D eigenvalue weighted by Crippen LogP contribution is 2.53. The number of nitro groups is 1. The SMILES string of the molecule is CCO[C@@H]1C[C@@H](NC(=O)c2n[nH]c(C)c2[N+](=O)[O-])C12CCCCC2. The Labute approximate surface area is 140 Å². The molecule has 8 heteroatoms. The summed E-state index contributed by atoms with van der Waals surface area (Å²) in [5, 5.41) is 20.5. The molecular formula is C16H24N4O4. The smallest absolute Gasteiger partial charge is 0.322 e. The third-order valence-electron chi connectivity index (χ3n) is 5.56. The maximum Gasteiger partial charge on any atom is 0.322 e. The molecule has 1 heterocycles. The number of nitrogens with one attached hydrogen (secondary N) is 2. The van der Waals surface area contributed by atoms with E-state index in [9.17, 15) is 14.9 Å². The summed E-state index contributed by atoms with van der Waals surface area (Å²) < 4.78 is 5.87. The van der Waals surface area contributed by atoms with Gasteiger partial charge in [-0.1, -0.05) is 19.3 Å². The van der Waals surface area contributed by atoms with Gasteiger partial charge in [-0.05, 0) is 33.1 Å². The van der Waals surface area contributed by atoms with Gasteiger partial charge in [-0.3, -0.25) is 20.0 Å². The standard InChI is InChI=1S/C16H24N4O4/c1-3-24-12-9-11(16(12)7-5-4-6-8-16)17-15(21)13-14(20(22)23)10(2)18-19-13/h11-12H,3-9H2,1-2H3,(H,17,21)(H,18,19)/t11-,12-/m1/s1. The zero-order chi connectivity index (χ0) is 17.3. The fourth-order valence-corrected chi connectivity index (χ4v) is 4.30. The van der Waals surface area contributed by atoms with Gasteiger partial charge in [-0.2, -0.15) is 5.10 Å². The van der Waals surface area contributed by atoms with Crippen molar-refractivity contribution in [1.29, 1.82) is 0 Å². The number of rotatable bonds is 5. The van der Waals surface area contributed by atoms with E-state index in [0.717, 1.165) is 32.1 Å². The monoisotopic (exact) mass is 336 g/mol. The second-order valence-corrected chi connectivity index (χ2v) is 6.80. The Balaban J connectivity index is 1.76. The van der Waals surface area contributed by atoms with E-state index >= 15 is 0 Å². The number of H-pyrrole nitrogens is 1. The minimum atomic E-state index is -0.562. The van der Waals surface area contributed by atoms with Crippen molar-refractivity contribution in [2.75, 3.05) is 6.61 Å². The molecule has 8 nitrogen and oxygen atoms in total. The molecular weight excluding hydrogens is 312 g/mol.